The Bertz CT molecular complexity index is 623. The van der Waals surface area contributed by atoms with Crippen molar-refractivity contribution < 1.29 is 33.3 Å². The Kier molecular flexibility index (Phi) is 5.73. The fourth-order valence-electron chi connectivity index (χ4n) is 2.96. The molecule has 2 fully saturated rings. The normalized spacial score (nSPS) is 34.7. The van der Waals surface area contributed by atoms with Gasteiger partial charge in [0.25, 0.3) is 0 Å². The molecule has 6 unspecified atom stereocenters. The quantitative estimate of drug-likeness (QED) is 0.553. The van der Waals surface area contributed by atoms with Crippen LogP contribution in [0.4, 0.5) is 0 Å². The van der Waals surface area contributed by atoms with E-state index in [0.717, 1.165) is 5.56 Å². The van der Waals surface area contributed by atoms with E-state index in [1.165, 1.54) is 13.8 Å². The largest absolute Gasteiger partial charge is 0.456 e. The topological polar surface area (TPSA) is 80.3 Å². The number of rotatable bonds is 3. The van der Waals surface area contributed by atoms with Gasteiger partial charge in [-0.2, -0.15) is 0 Å². The summed E-state index contributed by atoms with van der Waals surface area (Å²) >= 11 is 3.33. The molecule has 0 aromatic heterocycles. The van der Waals surface area contributed by atoms with Gasteiger partial charge in [-0.05, 0) is 0 Å². The fourth-order valence-corrected chi connectivity index (χ4v) is 3.64. The van der Waals surface area contributed by atoms with Crippen molar-refractivity contribution in [1.82, 2.24) is 0 Å². The summed E-state index contributed by atoms with van der Waals surface area (Å²) in [5.74, 6) is -0.992. The number of fused-ring (bicyclic) bond motifs is 1. The highest BCUT2D eigenvalue weighted by Crippen LogP contribution is 2.37. The summed E-state index contributed by atoms with van der Waals surface area (Å²) in [6.45, 7) is 2.84. The molecule has 1 aromatic rings. The van der Waals surface area contributed by atoms with Gasteiger partial charge in [-0.3, -0.25) is 9.59 Å². The number of alkyl halides is 1. The van der Waals surface area contributed by atoms with E-state index in [1.54, 1.807) is 0 Å². The zero-order chi connectivity index (χ0) is 18.0. The number of carbonyl (C=O) groups is 2. The van der Waals surface area contributed by atoms with Gasteiger partial charge < -0.3 is 23.7 Å². The zero-order valence-electron chi connectivity index (χ0n) is 13.8. The molecule has 2 aliphatic rings. The minimum absolute atomic E-state index is 0.261. The van der Waals surface area contributed by atoms with E-state index in [4.69, 9.17) is 23.7 Å². The van der Waals surface area contributed by atoms with Gasteiger partial charge in [-0.25, -0.2) is 0 Å². The molecular weight excluding hydrogens is 396 g/mol. The fraction of sp³-hybridized carbons (Fsp3) is 0.529. The monoisotopic (exact) mass is 414 g/mol. The van der Waals surface area contributed by atoms with Crippen molar-refractivity contribution >= 4 is 27.9 Å². The van der Waals surface area contributed by atoms with Crippen LogP contribution in [0.5, 0.6) is 0 Å². The highest BCUT2D eigenvalue weighted by atomic mass is 79.9. The number of hydrogen-bond acceptors (Lipinski definition) is 7. The van der Waals surface area contributed by atoms with Gasteiger partial charge in [0.15, 0.2) is 23.5 Å². The summed E-state index contributed by atoms with van der Waals surface area (Å²) in [4.78, 5) is 23.0. The van der Waals surface area contributed by atoms with Gasteiger partial charge in [-0.1, -0.05) is 46.3 Å². The molecule has 1 aromatic carbocycles. The molecule has 0 radical (unpaired) electrons. The van der Waals surface area contributed by atoms with Crippen LogP contribution in [-0.4, -0.2) is 48.0 Å². The predicted molar refractivity (Wildman–Crippen MR) is 88.7 cm³/mol. The molecule has 0 N–H and O–H groups in total. The van der Waals surface area contributed by atoms with Crippen molar-refractivity contribution in [3.63, 3.8) is 0 Å². The lowest BCUT2D eigenvalue weighted by Gasteiger charge is -2.47. The maximum Gasteiger partial charge on any atom is 0.303 e. The molecule has 2 heterocycles. The van der Waals surface area contributed by atoms with E-state index in [9.17, 15) is 9.59 Å². The Hall–Kier alpha value is -1.48. The lowest BCUT2D eigenvalue weighted by molar-refractivity contribution is -0.320. The van der Waals surface area contributed by atoms with Gasteiger partial charge >= 0.3 is 11.9 Å². The van der Waals surface area contributed by atoms with Crippen LogP contribution in [0.25, 0.3) is 0 Å². The second-order valence-corrected chi connectivity index (χ2v) is 6.75. The molecule has 0 spiro atoms. The van der Waals surface area contributed by atoms with Crippen LogP contribution in [0.2, 0.25) is 0 Å². The third kappa shape index (κ3) is 4.20. The van der Waals surface area contributed by atoms with E-state index in [1.807, 2.05) is 30.3 Å². The zero-order valence-corrected chi connectivity index (χ0v) is 15.4. The number of esters is 2. The van der Waals surface area contributed by atoms with E-state index >= 15 is 0 Å². The van der Waals surface area contributed by atoms with Gasteiger partial charge in [-0.15, -0.1) is 0 Å². The van der Waals surface area contributed by atoms with Crippen LogP contribution in [0.1, 0.15) is 25.7 Å². The van der Waals surface area contributed by atoms with Gasteiger partial charge in [0.05, 0.1) is 6.61 Å². The summed E-state index contributed by atoms with van der Waals surface area (Å²) in [7, 11) is 0. The van der Waals surface area contributed by atoms with E-state index in [2.05, 4.69) is 15.9 Å². The van der Waals surface area contributed by atoms with Crippen LogP contribution in [-0.2, 0) is 33.3 Å². The maximum atomic E-state index is 11.6. The SMILES string of the molecule is CC(=O)OC1C(Br)OC2COC(c3ccccc3)OC2C1OC(C)=O. The lowest BCUT2D eigenvalue weighted by atomic mass is 9.98. The number of halogens is 1. The lowest BCUT2D eigenvalue weighted by Crippen LogP contribution is -2.62. The average Bonchev–Trinajstić information content (AvgIpc) is 2.58. The molecule has 0 bridgehead atoms. The Morgan fingerprint density at radius 2 is 1.68 bits per heavy atom. The molecule has 7 nitrogen and oxygen atoms in total. The van der Waals surface area contributed by atoms with E-state index in [0.29, 0.717) is 0 Å². The number of benzene rings is 1. The van der Waals surface area contributed by atoms with Crippen molar-refractivity contribution in [3.8, 4) is 0 Å². The Labute approximate surface area is 153 Å². The summed E-state index contributed by atoms with van der Waals surface area (Å²) in [6, 6.07) is 9.42. The van der Waals surface area contributed by atoms with Crippen LogP contribution >= 0.6 is 15.9 Å². The summed E-state index contributed by atoms with van der Waals surface area (Å²) in [5.41, 5.74) is 0.840. The summed E-state index contributed by atoms with van der Waals surface area (Å²) in [6.07, 6.45) is -3.33. The maximum absolute atomic E-state index is 11.6. The Morgan fingerprint density at radius 3 is 2.32 bits per heavy atom. The number of ether oxygens (including phenoxy) is 5. The second kappa shape index (κ2) is 7.82. The molecular formula is C17H19BrO7. The molecule has 2 saturated heterocycles. The molecule has 0 amide bonds. The first-order valence-corrected chi connectivity index (χ1v) is 8.83. The molecule has 0 saturated carbocycles. The average molecular weight is 415 g/mol. The van der Waals surface area contributed by atoms with Crippen molar-refractivity contribution in [3.05, 3.63) is 35.9 Å². The van der Waals surface area contributed by atoms with Crippen LogP contribution < -0.4 is 0 Å². The minimum Gasteiger partial charge on any atom is -0.456 e. The summed E-state index contributed by atoms with van der Waals surface area (Å²) < 4.78 is 28.3. The highest BCUT2D eigenvalue weighted by Gasteiger charge is 2.52. The predicted octanol–water partition coefficient (Wildman–Crippen LogP) is 2.08. The number of carbonyl (C=O) groups excluding carboxylic acids is 2. The van der Waals surface area contributed by atoms with Gasteiger partial charge in [0.1, 0.15) is 12.2 Å². The van der Waals surface area contributed by atoms with E-state index < -0.39 is 47.7 Å². The standard InChI is InChI=1S/C17H19BrO7/c1-9(19)22-14-13-12(24-16(18)15(14)23-10(2)20)8-21-17(25-13)11-6-4-3-5-7-11/h3-7,12-17H,8H2,1-2H3. The van der Waals surface area contributed by atoms with Gasteiger partial charge in [0, 0.05) is 19.4 Å². The van der Waals surface area contributed by atoms with Crippen molar-refractivity contribution in [1.29, 1.82) is 0 Å². The Balaban J connectivity index is 1.84. The minimum atomic E-state index is -0.822. The molecule has 2 aliphatic heterocycles. The van der Waals surface area contributed by atoms with E-state index in [-0.39, 0.29) is 6.61 Å². The highest BCUT2D eigenvalue weighted by molar-refractivity contribution is 9.09. The van der Waals surface area contributed by atoms with Crippen LogP contribution in [0, 0.1) is 0 Å². The first-order chi connectivity index (χ1) is 12.0. The first-order valence-electron chi connectivity index (χ1n) is 7.91. The smallest absolute Gasteiger partial charge is 0.303 e. The van der Waals surface area contributed by atoms with Crippen molar-refractivity contribution in [2.75, 3.05) is 6.61 Å². The third-order valence-corrected chi connectivity index (χ3v) is 4.68. The summed E-state index contributed by atoms with van der Waals surface area (Å²) in [5, 5.41) is -0.637. The molecule has 6 atom stereocenters. The van der Waals surface area contributed by atoms with Crippen molar-refractivity contribution in [2.45, 2.75) is 49.6 Å². The molecule has 0 aliphatic carbocycles. The van der Waals surface area contributed by atoms with Crippen LogP contribution in [0.15, 0.2) is 30.3 Å². The molecule has 3 rings (SSSR count). The molecule has 8 heteroatoms. The third-order valence-electron chi connectivity index (χ3n) is 3.95. The van der Waals surface area contributed by atoms with Crippen LogP contribution in [0.3, 0.4) is 0 Å². The van der Waals surface area contributed by atoms with Crippen molar-refractivity contribution in [2.24, 2.45) is 0 Å². The molecule has 25 heavy (non-hydrogen) atoms. The second-order valence-electron chi connectivity index (χ2n) is 5.85. The first kappa shape index (κ1) is 18.3. The molecule has 136 valence electrons. The van der Waals surface area contributed by atoms with Gasteiger partial charge in [0.2, 0.25) is 0 Å². The Morgan fingerprint density at radius 1 is 1.04 bits per heavy atom. The number of hydrogen-bond donors (Lipinski definition) is 0.